The Balaban J connectivity index is 0.00000196. The molecule has 0 unspecified atom stereocenters. The van der Waals surface area contributed by atoms with Gasteiger partial charge >= 0.3 is 6.09 Å². The van der Waals surface area contributed by atoms with Crippen LogP contribution < -0.4 is 10.6 Å². The number of hydrogen-bond acceptors (Lipinski definition) is 3. The molecule has 1 saturated heterocycles. The maximum absolute atomic E-state index is 11.3. The molecule has 0 aromatic heterocycles. The average molecular weight is 237 g/mol. The van der Waals surface area contributed by atoms with Crippen LogP contribution >= 0.6 is 12.4 Å². The largest absolute Gasteiger partial charge is 0.444 e. The number of carbonyl (C=O) groups is 1. The normalized spacial score (nSPS) is 20.6. The highest BCUT2D eigenvalue weighted by atomic mass is 35.5. The molecular formula is C10H21ClN2O2. The van der Waals surface area contributed by atoms with Crippen molar-refractivity contribution < 1.29 is 9.53 Å². The lowest BCUT2D eigenvalue weighted by molar-refractivity contribution is 0.0523. The lowest BCUT2D eigenvalue weighted by atomic mass is 10.2. The van der Waals surface area contributed by atoms with Crippen molar-refractivity contribution in [2.75, 3.05) is 13.1 Å². The number of alkyl carbamates (subject to hydrolysis) is 1. The van der Waals surface area contributed by atoms with Gasteiger partial charge in [-0.25, -0.2) is 4.79 Å². The van der Waals surface area contributed by atoms with Crippen LogP contribution in [-0.4, -0.2) is 30.8 Å². The Labute approximate surface area is 97.5 Å². The molecule has 1 fully saturated rings. The Hall–Kier alpha value is -0.480. The third kappa shape index (κ3) is 6.57. The first-order valence-electron chi connectivity index (χ1n) is 5.17. The fraction of sp³-hybridized carbons (Fsp3) is 0.900. The molecule has 0 aromatic rings. The Kier molecular flexibility index (Phi) is 5.98. The first-order valence-corrected chi connectivity index (χ1v) is 5.17. The minimum absolute atomic E-state index is 0. The second-order valence-corrected chi connectivity index (χ2v) is 4.68. The maximum Gasteiger partial charge on any atom is 0.407 e. The van der Waals surface area contributed by atoms with Gasteiger partial charge in [-0.15, -0.1) is 12.4 Å². The van der Waals surface area contributed by atoms with Gasteiger partial charge in [-0.05, 0) is 40.2 Å². The summed E-state index contributed by atoms with van der Waals surface area (Å²) in [6, 6.07) is 0.419. The first kappa shape index (κ1) is 14.5. The van der Waals surface area contributed by atoms with Crippen LogP contribution in [0.15, 0.2) is 0 Å². The molecule has 1 atom stereocenters. The van der Waals surface area contributed by atoms with Gasteiger partial charge in [-0.2, -0.15) is 0 Å². The zero-order valence-electron chi connectivity index (χ0n) is 9.63. The van der Waals surface area contributed by atoms with Gasteiger partial charge in [0.15, 0.2) is 0 Å². The van der Waals surface area contributed by atoms with Crippen molar-refractivity contribution in [1.82, 2.24) is 10.6 Å². The van der Waals surface area contributed by atoms with E-state index >= 15 is 0 Å². The fourth-order valence-electron chi connectivity index (χ4n) is 1.45. The van der Waals surface area contributed by atoms with Gasteiger partial charge < -0.3 is 15.4 Å². The van der Waals surface area contributed by atoms with Crippen LogP contribution in [0.1, 0.15) is 33.6 Å². The second-order valence-electron chi connectivity index (χ2n) is 4.68. The summed E-state index contributed by atoms with van der Waals surface area (Å²) in [6.45, 7) is 7.30. The van der Waals surface area contributed by atoms with Gasteiger partial charge in [0.2, 0.25) is 0 Å². The van der Waals surface area contributed by atoms with Crippen LogP contribution in [0.4, 0.5) is 4.79 Å². The summed E-state index contributed by atoms with van der Waals surface area (Å²) < 4.78 is 5.12. The zero-order valence-corrected chi connectivity index (χ0v) is 10.4. The number of amides is 1. The quantitative estimate of drug-likeness (QED) is 0.767. The number of halogens is 1. The van der Waals surface area contributed by atoms with E-state index in [-0.39, 0.29) is 18.5 Å². The monoisotopic (exact) mass is 236 g/mol. The molecule has 1 aliphatic rings. The maximum atomic E-state index is 11.3. The predicted octanol–water partition coefficient (Wildman–Crippen LogP) is 1.68. The zero-order chi connectivity index (χ0) is 10.6. The lowest BCUT2D eigenvalue weighted by Crippen LogP contribution is -2.39. The molecule has 0 bridgehead atoms. The van der Waals surface area contributed by atoms with Gasteiger partial charge in [0.05, 0.1) is 0 Å². The van der Waals surface area contributed by atoms with Crippen molar-refractivity contribution in [2.45, 2.75) is 45.3 Å². The van der Waals surface area contributed by atoms with E-state index in [1.807, 2.05) is 20.8 Å². The molecule has 90 valence electrons. The highest BCUT2D eigenvalue weighted by Crippen LogP contribution is 2.07. The molecule has 0 spiro atoms. The Morgan fingerprint density at radius 1 is 1.53 bits per heavy atom. The van der Waals surface area contributed by atoms with Crippen LogP contribution in [0.3, 0.4) is 0 Å². The van der Waals surface area contributed by atoms with Crippen LogP contribution in [-0.2, 0) is 4.74 Å². The van der Waals surface area contributed by atoms with E-state index < -0.39 is 5.60 Å². The van der Waals surface area contributed by atoms with Crippen LogP contribution in [0.2, 0.25) is 0 Å². The Bertz CT molecular complexity index is 198. The van der Waals surface area contributed by atoms with E-state index in [9.17, 15) is 4.79 Å². The lowest BCUT2D eigenvalue weighted by Gasteiger charge is -2.20. The molecular weight excluding hydrogens is 216 g/mol. The summed E-state index contributed by atoms with van der Waals surface area (Å²) >= 11 is 0. The number of hydrogen-bond donors (Lipinski definition) is 2. The molecule has 1 rings (SSSR count). The minimum Gasteiger partial charge on any atom is -0.444 e. The van der Waals surface area contributed by atoms with E-state index in [4.69, 9.17) is 4.74 Å². The third-order valence-electron chi connectivity index (χ3n) is 2.05. The van der Waals surface area contributed by atoms with E-state index in [1.165, 1.54) is 6.42 Å². The van der Waals surface area contributed by atoms with Gasteiger partial charge in [-0.1, -0.05) is 0 Å². The number of ether oxygens (including phenoxy) is 1. The van der Waals surface area contributed by atoms with Crippen molar-refractivity contribution in [1.29, 1.82) is 0 Å². The van der Waals surface area contributed by atoms with Crippen LogP contribution in [0, 0.1) is 0 Å². The van der Waals surface area contributed by atoms with Crippen LogP contribution in [0.25, 0.3) is 0 Å². The van der Waals surface area contributed by atoms with E-state index in [0.717, 1.165) is 13.0 Å². The summed E-state index contributed by atoms with van der Waals surface area (Å²) in [5.74, 6) is 0. The van der Waals surface area contributed by atoms with Gasteiger partial charge in [0.25, 0.3) is 0 Å². The van der Waals surface area contributed by atoms with Gasteiger partial charge in [-0.3, -0.25) is 0 Å². The molecule has 0 aliphatic carbocycles. The topological polar surface area (TPSA) is 50.4 Å². The van der Waals surface area contributed by atoms with Crippen LogP contribution in [0.5, 0.6) is 0 Å². The van der Waals surface area contributed by atoms with Crippen molar-refractivity contribution in [3.05, 3.63) is 0 Å². The number of carbonyl (C=O) groups excluding carboxylic acids is 1. The average Bonchev–Trinajstić information content (AvgIpc) is 2.49. The summed E-state index contributed by atoms with van der Waals surface area (Å²) in [5, 5.41) is 6.06. The molecule has 1 amide bonds. The standard InChI is InChI=1S/C10H20N2O2.ClH/c1-10(2,3)14-9(13)12-7-8-5-4-6-11-8;/h8,11H,4-7H2,1-3H3,(H,12,13);1H/t8-;/m0./s1. The summed E-state index contributed by atoms with van der Waals surface area (Å²) in [5.41, 5.74) is -0.410. The second kappa shape index (κ2) is 6.18. The highest BCUT2D eigenvalue weighted by molar-refractivity contribution is 5.85. The predicted molar refractivity (Wildman–Crippen MR) is 62.5 cm³/mol. The summed E-state index contributed by atoms with van der Waals surface area (Å²) in [6.07, 6.45) is 2.00. The summed E-state index contributed by atoms with van der Waals surface area (Å²) in [7, 11) is 0. The van der Waals surface area contributed by atoms with Crippen molar-refractivity contribution in [3.8, 4) is 0 Å². The number of rotatable bonds is 2. The first-order chi connectivity index (χ1) is 6.47. The highest BCUT2D eigenvalue weighted by Gasteiger charge is 2.18. The molecule has 1 aliphatic heterocycles. The molecule has 2 N–H and O–H groups in total. The van der Waals surface area contributed by atoms with E-state index in [0.29, 0.717) is 12.6 Å². The minimum atomic E-state index is -0.410. The molecule has 5 heteroatoms. The summed E-state index contributed by atoms with van der Waals surface area (Å²) in [4.78, 5) is 11.3. The third-order valence-corrected chi connectivity index (χ3v) is 2.05. The van der Waals surface area contributed by atoms with Gasteiger partial charge in [0.1, 0.15) is 5.60 Å². The molecule has 1 heterocycles. The van der Waals surface area contributed by atoms with Crippen molar-refractivity contribution >= 4 is 18.5 Å². The molecule has 4 nitrogen and oxygen atoms in total. The fourth-order valence-corrected chi connectivity index (χ4v) is 1.45. The smallest absolute Gasteiger partial charge is 0.407 e. The molecule has 0 radical (unpaired) electrons. The van der Waals surface area contributed by atoms with Crippen molar-refractivity contribution in [3.63, 3.8) is 0 Å². The Morgan fingerprint density at radius 2 is 2.20 bits per heavy atom. The van der Waals surface area contributed by atoms with Gasteiger partial charge in [0, 0.05) is 12.6 Å². The molecule has 0 aromatic carbocycles. The number of nitrogens with one attached hydrogen (secondary N) is 2. The van der Waals surface area contributed by atoms with E-state index in [1.54, 1.807) is 0 Å². The molecule has 0 saturated carbocycles. The van der Waals surface area contributed by atoms with Crippen molar-refractivity contribution in [2.24, 2.45) is 0 Å². The molecule has 15 heavy (non-hydrogen) atoms. The Morgan fingerprint density at radius 3 is 2.67 bits per heavy atom. The SMILES string of the molecule is CC(C)(C)OC(=O)NC[C@@H]1CCCN1.Cl. The van der Waals surface area contributed by atoms with E-state index in [2.05, 4.69) is 10.6 Å².